The topological polar surface area (TPSA) is 91.4 Å². The summed E-state index contributed by atoms with van der Waals surface area (Å²) in [5, 5.41) is 10.5. The van der Waals surface area contributed by atoms with Gasteiger partial charge in [0.05, 0.1) is 12.3 Å². The number of urea groups is 1. The van der Waals surface area contributed by atoms with Gasteiger partial charge in [-0.1, -0.05) is 32.0 Å². The first kappa shape index (κ1) is 17.0. The highest BCUT2D eigenvalue weighted by molar-refractivity contribution is 6.14. The summed E-state index contributed by atoms with van der Waals surface area (Å²) in [6, 6.07) is 5.46. The molecule has 21 heavy (non-hydrogen) atoms. The molecular weight excluding hydrogens is 268 g/mol. The molecule has 0 heterocycles. The second-order valence-corrected chi connectivity index (χ2v) is 4.58. The van der Waals surface area contributed by atoms with E-state index in [0.29, 0.717) is 18.8 Å². The highest BCUT2D eigenvalue weighted by Crippen LogP contribution is 2.27. The van der Waals surface area contributed by atoms with Crippen molar-refractivity contribution >= 4 is 17.7 Å². The molecule has 6 nitrogen and oxygen atoms in total. The van der Waals surface area contributed by atoms with Crippen molar-refractivity contribution in [2.24, 2.45) is 5.73 Å². The van der Waals surface area contributed by atoms with Gasteiger partial charge in [-0.2, -0.15) is 0 Å². The van der Waals surface area contributed by atoms with E-state index in [0.717, 1.165) is 24.0 Å². The molecule has 0 atom stereocenters. The van der Waals surface area contributed by atoms with E-state index in [9.17, 15) is 4.79 Å². The zero-order valence-corrected chi connectivity index (χ0v) is 12.9. The molecule has 0 fully saturated rings. The first-order chi connectivity index (χ1) is 10.1. The number of nitrogens with zero attached hydrogens (tertiary/aromatic N) is 1. The summed E-state index contributed by atoms with van der Waals surface area (Å²) in [6.07, 6.45) is 1.52. The molecular formula is C15H24N4O2. The molecule has 0 bridgehead atoms. The molecule has 0 radical (unpaired) electrons. The number of anilines is 1. The van der Waals surface area contributed by atoms with Crippen LogP contribution in [0.2, 0.25) is 0 Å². The van der Waals surface area contributed by atoms with Gasteiger partial charge in [0.25, 0.3) is 0 Å². The third-order valence-corrected chi connectivity index (χ3v) is 3.21. The van der Waals surface area contributed by atoms with Crippen LogP contribution in [0.5, 0.6) is 0 Å². The summed E-state index contributed by atoms with van der Waals surface area (Å²) in [5.41, 5.74) is 8.34. The number of ether oxygens (including phenoxy) is 1. The van der Waals surface area contributed by atoms with Crippen LogP contribution < -0.4 is 16.0 Å². The SMILES string of the molecule is CCc1cccc(CC)c1N(C(=N)N)C(=O)NCCOC. The standard InChI is InChI=1S/C15H24N4O2/c1-4-11-7-6-8-12(5-2)13(11)19(14(16)17)15(20)18-9-10-21-3/h6-8H,4-5,9-10H2,1-3H3,(H3,16,17)(H,18,20). The Kier molecular flexibility index (Phi) is 6.68. The van der Waals surface area contributed by atoms with Gasteiger partial charge in [0, 0.05) is 13.7 Å². The van der Waals surface area contributed by atoms with E-state index in [1.165, 1.54) is 4.90 Å². The molecule has 0 aliphatic heterocycles. The van der Waals surface area contributed by atoms with Crippen molar-refractivity contribution in [3.8, 4) is 0 Å². The third kappa shape index (κ3) is 4.19. The van der Waals surface area contributed by atoms with Gasteiger partial charge >= 0.3 is 6.03 Å². The van der Waals surface area contributed by atoms with Gasteiger partial charge in [-0.05, 0) is 24.0 Å². The number of hydrogen-bond donors (Lipinski definition) is 3. The summed E-state index contributed by atoms with van der Waals surface area (Å²) >= 11 is 0. The van der Waals surface area contributed by atoms with Crippen molar-refractivity contribution in [1.82, 2.24) is 5.32 Å². The Hall–Kier alpha value is -2.08. The third-order valence-electron chi connectivity index (χ3n) is 3.21. The molecule has 116 valence electrons. The van der Waals surface area contributed by atoms with Crippen LogP contribution in [0.4, 0.5) is 10.5 Å². The second kappa shape index (κ2) is 8.26. The molecule has 0 spiro atoms. The molecule has 0 aromatic heterocycles. The Morgan fingerprint density at radius 2 is 1.90 bits per heavy atom. The zero-order chi connectivity index (χ0) is 15.8. The van der Waals surface area contributed by atoms with E-state index in [1.54, 1.807) is 7.11 Å². The Morgan fingerprint density at radius 3 is 2.33 bits per heavy atom. The Morgan fingerprint density at radius 1 is 1.33 bits per heavy atom. The number of rotatable bonds is 6. The van der Waals surface area contributed by atoms with Crippen molar-refractivity contribution in [3.05, 3.63) is 29.3 Å². The molecule has 4 N–H and O–H groups in total. The van der Waals surface area contributed by atoms with Crippen molar-refractivity contribution in [2.75, 3.05) is 25.2 Å². The van der Waals surface area contributed by atoms with E-state index in [-0.39, 0.29) is 5.96 Å². The average molecular weight is 292 g/mol. The number of nitrogens with two attached hydrogens (primary N) is 1. The first-order valence-electron chi connectivity index (χ1n) is 7.08. The smallest absolute Gasteiger partial charge is 0.328 e. The lowest BCUT2D eigenvalue weighted by Gasteiger charge is -2.26. The van der Waals surface area contributed by atoms with Crippen LogP contribution in [0, 0.1) is 5.41 Å². The second-order valence-electron chi connectivity index (χ2n) is 4.58. The molecule has 6 heteroatoms. The van der Waals surface area contributed by atoms with Crippen LogP contribution in [0.15, 0.2) is 18.2 Å². The number of hydrogen-bond acceptors (Lipinski definition) is 3. The van der Waals surface area contributed by atoms with Crippen LogP contribution in [0.25, 0.3) is 0 Å². The minimum absolute atomic E-state index is 0.291. The van der Waals surface area contributed by atoms with Crippen molar-refractivity contribution in [3.63, 3.8) is 0 Å². The minimum atomic E-state index is -0.407. The number of nitrogens with one attached hydrogen (secondary N) is 2. The van der Waals surface area contributed by atoms with Crippen LogP contribution in [0.3, 0.4) is 0 Å². The number of amides is 2. The number of carbonyl (C=O) groups excluding carboxylic acids is 1. The first-order valence-corrected chi connectivity index (χ1v) is 7.08. The molecule has 0 saturated heterocycles. The van der Waals surface area contributed by atoms with Crippen LogP contribution in [-0.2, 0) is 17.6 Å². The predicted molar refractivity (Wildman–Crippen MR) is 84.9 cm³/mol. The fourth-order valence-corrected chi connectivity index (χ4v) is 2.17. The van der Waals surface area contributed by atoms with Crippen molar-refractivity contribution in [1.29, 1.82) is 5.41 Å². The summed E-state index contributed by atoms with van der Waals surface area (Å²) in [5.74, 6) is -0.291. The maximum atomic E-state index is 12.3. The normalized spacial score (nSPS) is 10.2. The van der Waals surface area contributed by atoms with Gasteiger partial charge in [0.15, 0.2) is 0 Å². The lowest BCUT2D eigenvalue weighted by molar-refractivity contribution is 0.197. The molecule has 1 rings (SSSR count). The van der Waals surface area contributed by atoms with E-state index < -0.39 is 6.03 Å². The number of para-hydroxylation sites is 1. The summed E-state index contributed by atoms with van der Waals surface area (Å²) < 4.78 is 4.91. The molecule has 0 saturated carbocycles. The number of carbonyl (C=O) groups is 1. The molecule has 1 aromatic carbocycles. The summed E-state index contributed by atoms with van der Waals surface area (Å²) in [4.78, 5) is 13.6. The van der Waals surface area contributed by atoms with Crippen LogP contribution in [0.1, 0.15) is 25.0 Å². The van der Waals surface area contributed by atoms with E-state index in [4.69, 9.17) is 15.9 Å². The summed E-state index contributed by atoms with van der Waals surface area (Å²) in [6.45, 7) is 4.81. The average Bonchev–Trinajstić information content (AvgIpc) is 2.47. The Labute approximate surface area is 125 Å². The highest BCUT2D eigenvalue weighted by atomic mass is 16.5. The van der Waals surface area contributed by atoms with E-state index in [1.807, 2.05) is 32.0 Å². The molecule has 0 aliphatic rings. The lowest BCUT2D eigenvalue weighted by Crippen LogP contribution is -2.48. The number of aryl methyl sites for hydroxylation is 2. The number of benzene rings is 1. The van der Waals surface area contributed by atoms with Gasteiger partial charge in [0.1, 0.15) is 0 Å². The molecule has 1 aromatic rings. The predicted octanol–water partition coefficient (Wildman–Crippen LogP) is 1.87. The van der Waals surface area contributed by atoms with Crippen LogP contribution in [-0.4, -0.2) is 32.3 Å². The van der Waals surface area contributed by atoms with Gasteiger partial charge < -0.3 is 15.8 Å². The zero-order valence-electron chi connectivity index (χ0n) is 12.9. The van der Waals surface area contributed by atoms with Gasteiger partial charge in [-0.15, -0.1) is 0 Å². The number of methoxy groups -OCH3 is 1. The maximum Gasteiger partial charge on any atom is 0.328 e. The minimum Gasteiger partial charge on any atom is -0.383 e. The van der Waals surface area contributed by atoms with Crippen LogP contribution >= 0.6 is 0 Å². The molecule has 2 amide bonds. The molecule has 0 aliphatic carbocycles. The largest absolute Gasteiger partial charge is 0.383 e. The highest BCUT2D eigenvalue weighted by Gasteiger charge is 2.23. The lowest BCUT2D eigenvalue weighted by atomic mass is 10.0. The van der Waals surface area contributed by atoms with Crippen molar-refractivity contribution < 1.29 is 9.53 Å². The Bertz CT molecular complexity index is 480. The van der Waals surface area contributed by atoms with Crippen molar-refractivity contribution in [2.45, 2.75) is 26.7 Å². The van der Waals surface area contributed by atoms with Gasteiger partial charge in [-0.25, -0.2) is 9.69 Å². The summed E-state index contributed by atoms with van der Waals surface area (Å²) in [7, 11) is 1.57. The fourth-order valence-electron chi connectivity index (χ4n) is 2.17. The quantitative estimate of drug-likeness (QED) is 0.424. The van der Waals surface area contributed by atoms with E-state index in [2.05, 4.69) is 5.32 Å². The fraction of sp³-hybridized carbons (Fsp3) is 0.467. The van der Waals surface area contributed by atoms with E-state index >= 15 is 0 Å². The maximum absolute atomic E-state index is 12.3. The molecule has 0 unspecified atom stereocenters. The van der Waals surface area contributed by atoms with Gasteiger partial charge in [0.2, 0.25) is 5.96 Å². The monoisotopic (exact) mass is 292 g/mol. The Balaban J connectivity index is 3.16. The number of guanidine groups is 1. The van der Waals surface area contributed by atoms with Gasteiger partial charge in [-0.3, -0.25) is 5.41 Å².